The fourth-order valence-electron chi connectivity index (χ4n) is 4.07. The number of aryl methyl sites for hydroxylation is 1. The van der Waals surface area contributed by atoms with Gasteiger partial charge in [0.15, 0.2) is 0 Å². The monoisotopic (exact) mass is 363 g/mol. The van der Waals surface area contributed by atoms with E-state index in [1.54, 1.807) is 11.3 Å². The van der Waals surface area contributed by atoms with E-state index in [2.05, 4.69) is 35.0 Å². The molecule has 1 N–H and O–H groups in total. The van der Waals surface area contributed by atoms with Crippen LogP contribution in [0.4, 0.5) is 5.00 Å². The minimum atomic E-state index is 0.125. The SMILES string of the molecule is CCN1CCC(CCNC(=O)c2cc3c(s2)N(CC)CCCC3)CC1. The van der Waals surface area contributed by atoms with Crippen LogP contribution in [0.3, 0.4) is 0 Å². The van der Waals surface area contributed by atoms with Crippen LogP contribution in [-0.4, -0.2) is 50.1 Å². The van der Waals surface area contributed by atoms with E-state index in [-0.39, 0.29) is 5.91 Å². The maximum absolute atomic E-state index is 12.6. The summed E-state index contributed by atoms with van der Waals surface area (Å²) < 4.78 is 0. The molecule has 0 radical (unpaired) electrons. The van der Waals surface area contributed by atoms with Crippen LogP contribution in [0.5, 0.6) is 0 Å². The number of fused-ring (bicyclic) bond motifs is 1. The topological polar surface area (TPSA) is 35.6 Å². The highest BCUT2D eigenvalue weighted by Gasteiger charge is 2.21. The van der Waals surface area contributed by atoms with Crippen molar-refractivity contribution in [3.8, 4) is 0 Å². The molecular weight excluding hydrogens is 330 g/mol. The molecule has 1 amide bonds. The molecule has 140 valence electrons. The van der Waals surface area contributed by atoms with Crippen LogP contribution in [0.2, 0.25) is 0 Å². The van der Waals surface area contributed by atoms with Crippen molar-refractivity contribution in [1.82, 2.24) is 10.2 Å². The molecule has 0 bridgehead atoms. The lowest BCUT2D eigenvalue weighted by molar-refractivity contribution is 0.0952. The molecule has 0 spiro atoms. The molecule has 1 saturated heterocycles. The first-order valence-electron chi connectivity index (χ1n) is 10.1. The Morgan fingerprint density at radius 2 is 2.00 bits per heavy atom. The Balaban J connectivity index is 1.49. The van der Waals surface area contributed by atoms with E-state index in [1.807, 2.05) is 0 Å². The minimum Gasteiger partial charge on any atom is -0.363 e. The zero-order chi connectivity index (χ0) is 17.6. The third-order valence-corrected chi connectivity index (χ3v) is 7.03. The lowest BCUT2D eigenvalue weighted by Gasteiger charge is -2.30. The second kappa shape index (κ2) is 9.04. The standard InChI is InChI=1S/C20H33N3OS/c1-3-22-13-9-16(10-14-22)8-11-21-19(24)18-15-17-7-5-6-12-23(4-2)20(17)25-18/h15-16H,3-14H2,1-2H3,(H,21,24). The highest BCUT2D eigenvalue weighted by atomic mass is 32.1. The van der Waals surface area contributed by atoms with E-state index in [1.165, 1.54) is 55.9 Å². The van der Waals surface area contributed by atoms with Crippen molar-refractivity contribution in [2.24, 2.45) is 5.92 Å². The van der Waals surface area contributed by atoms with E-state index in [0.29, 0.717) is 0 Å². The molecular formula is C20H33N3OS. The summed E-state index contributed by atoms with van der Waals surface area (Å²) in [4.78, 5) is 18.4. The number of anilines is 1. The highest BCUT2D eigenvalue weighted by molar-refractivity contribution is 7.18. The quantitative estimate of drug-likeness (QED) is 0.836. The molecule has 25 heavy (non-hydrogen) atoms. The molecule has 5 heteroatoms. The molecule has 0 unspecified atom stereocenters. The number of likely N-dealkylation sites (tertiary alicyclic amines) is 1. The zero-order valence-corrected chi connectivity index (χ0v) is 16.7. The van der Waals surface area contributed by atoms with E-state index in [0.717, 1.165) is 43.3 Å². The normalized spacial score (nSPS) is 19.5. The van der Waals surface area contributed by atoms with Crippen LogP contribution >= 0.6 is 11.3 Å². The molecule has 2 aliphatic heterocycles. The van der Waals surface area contributed by atoms with Gasteiger partial charge in [-0.3, -0.25) is 4.79 Å². The second-order valence-corrected chi connectivity index (χ2v) is 8.43. The summed E-state index contributed by atoms with van der Waals surface area (Å²) in [6, 6.07) is 2.14. The lowest BCUT2D eigenvalue weighted by Crippen LogP contribution is -2.35. The molecule has 1 fully saturated rings. The summed E-state index contributed by atoms with van der Waals surface area (Å²) in [5.41, 5.74) is 1.38. The summed E-state index contributed by atoms with van der Waals surface area (Å²) >= 11 is 1.69. The highest BCUT2D eigenvalue weighted by Crippen LogP contribution is 2.35. The number of carbonyl (C=O) groups excluding carboxylic acids is 1. The summed E-state index contributed by atoms with van der Waals surface area (Å²) in [5, 5.41) is 4.50. The summed E-state index contributed by atoms with van der Waals surface area (Å²) in [7, 11) is 0. The summed E-state index contributed by atoms with van der Waals surface area (Å²) in [6.45, 7) is 11.0. The molecule has 3 rings (SSSR count). The Labute approximate surface area is 156 Å². The van der Waals surface area contributed by atoms with Gasteiger partial charge in [-0.05, 0) is 82.6 Å². The first kappa shape index (κ1) is 18.7. The molecule has 3 heterocycles. The van der Waals surface area contributed by atoms with Crippen molar-refractivity contribution in [3.05, 3.63) is 16.5 Å². The molecule has 1 aromatic heterocycles. The Kier molecular flexibility index (Phi) is 6.77. The second-order valence-electron chi connectivity index (χ2n) is 7.40. The number of rotatable bonds is 6. The maximum atomic E-state index is 12.6. The number of hydrogen-bond donors (Lipinski definition) is 1. The van der Waals surface area contributed by atoms with Gasteiger partial charge in [-0.1, -0.05) is 6.92 Å². The van der Waals surface area contributed by atoms with Crippen molar-refractivity contribution >= 4 is 22.2 Å². The van der Waals surface area contributed by atoms with Crippen LogP contribution in [0, 0.1) is 5.92 Å². The van der Waals surface area contributed by atoms with Gasteiger partial charge in [0, 0.05) is 19.6 Å². The van der Waals surface area contributed by atoms with Crippen molar-refractivity contribution in [1.29, 1.82) is 0 Å². The molecule has 4 nitrogen and oxygen atoms in total. The van der Waals surface area contributed by atoms with E-state index in [4.69, 9.17) is 0 Å². The Morgan fingerprint density at radius 3 is 2.72 bits per heavy atom. The van der Waals surface area contributed by atoms with Gasteiger partial charge >= 0.3 is 0 Å². The van der Waals surface area contributed by atoms with E-state index in [9.17, 15) is 4.79 Å². The molecule has 0 aromatic carbocycles. The molecule has 0 saturated carbocycles. The molecule has 0 atom stereocenters. The van der Waals surface area contributed by atoms with Crippen molar-refractivity contribution in [3.63, 3.8) is 0 Å². The fraction of sp³-hybridized carbons (Fsp3) is 0.750. The largest absolute Gasteiger partial charge is 0.363 e. The first-order valence-corrected chi connectivity index (χ1v) is 10.9. The number of nitrogens with one attached hydrogen (secondary N) is 1. The van der Waals surface area contributed by atoms with Crippen LogP contribution in [0.15, 0.2) is 6.07 Å². The van der Waals surface area contributed by atoms with Crippen molar-refractivity contribution in [2.75, 3.05) is 44.2 Å². The number of nitrogens with zero attached hydrogens (tertiary/aromatic N) is 2. The van der Waals surface area contributed by atoms with E-state index < -0.39 is 0 Å². The van der Waals surface area contributed by atoms with Gasteiger partial charge in [-0.15, -0.1) is 11.3 Å². The third-order valence-electron chi connectivity index (χ3n) is 5.80. The fourth-order valence-corrected chi connectivity index (χ4v) is 5.28. The molecule has 1 aromatic rings. The summed E-state index contributed by atoms with van der Waals surface area (Å²) in [5.74, 6) is 0.902. The van der Waals surface area contributed by atoms with Crippen LogP contribution in [0.25, 0.3) is 0 Å². The number of hydrogen-bond acceptors (Lipinski definition) is 4. The van der Waals surface area contributed by atoms with Gasteiger partial charge in [0.05, 0.1) is 9.88 Å². The van der Waals surface area contributed by atoms with Crippen LogP contribution in [-0.2, 0) is 6.42 Å². The first-order chi connectivity index (χ1) is 12.2. The van der Waals surface area contributed by atoms with E-state index >= 15 is 0 Å². The average molecular weight is 364 g/mol. The minimum absolute atomic E-state index is 0.125. The Morgan fingerprint density at radius 1 is 1.20 bits per heavy atom. The average Bonchev–Trinajstić information content (AvgIpc) is 2.97. The number of carbonyl (C=O) groups is 1. The predicted molar refractivity (Wildman–Crippen MR) is 107 cm³/mol. The van der Waals surface area contributed by atoms with Gasteiger partial charge in [0.2, 0.25) is 0 Å². The van der Waals surface area contributed by atoms with Crippen molar-refractivity contribution < 1.29 is 4.79 Å². The van der Waals surface area contributed by atoms with Gasteiger partial charge in [-0.25, -0.2) is 0 Å². The van der Waals surface area contributed by atoms with Crippen molar-refractivity contribution in [2.45, 2.75) is 52.4 Å². The van der Waals surface area contributed by atoms with Gasteiger partial charge in [-0.2, -0.15) is 0 Å². The van der Waals surface area contributed by atoms with Gasteiger partial charge in [0.1, 0.15) is 0 Å². The third kappa shape index (κ3) is 4.76. The van der Waals surface area contributed by atoms with Crippen LogP contribution < -0.4 is 10.2 Å². The van der Waals surface area contributed by atoms with Gasteiger partial charge < -0.3 is 15.1 Å². The molecule has 0 aliphatic carbocycles. The summed E-state index contributed by atoms with van der Waals surface area (Å²) in [6.07, 6.45) is 7.29. The molecule has 2 aliphatic rings. The zero-order valence-electron chi connectivity index (χ0n) is 15.9. The van der Waals surface area contributed by atoms with Gasteiger partial charge in [0.25, 0.3) is 5.91 Å². The Bertz CT molecular complexity index is 563. The number of amides is 1. The van der Waals surface area contributed by atoms with Crippen LogP contribution in [0.1, 0.15) is 61.2 Å². The lowest BCUT2D eigenvalue weighted by atomic mass is 9.93. The maximum Gasteiger partial charge on any atom is 0.261 e. The smallest absolute Gasteiger partial charge is 0.261 e. The number of piperidine rings is 1. The Hall–Kier alpha value is -1.07. The number of thiophene rings is 1. The predicted octanol–water partition coefficient (Wildman–Crippen LogP) is 3.76.